The summed E-state index contributed by atoms with van der Waals surface area (Å²) >= 11 is 0. The van der Waals surface area contributed by atoms with Crippen molar-refractivity contribution in [3.05, 3.63) is 101 Å². The minimum Gasteiger partial charge on any atom is -0.497 e. The average Bonchev–Trinajstić information content (AvgIpc) is 3.35. The van der Waals surface area contributed by atoms with Gasteiger partial charge in [-0.1, -0.05) is 66.7 Å². The summed E-state index contributed by atoms with van der Waals surface area (Å²) in [7, 11) is 1.57. The van der Waals surface area contributed by atoms with Crippen LogP contribution in [0.3, 0.4) is 0 Å². The van der Waals surface area contributed by atoms with Gasteiger partial charge < -0.3 is 14.4 Å². The quantitative estimate of drug-likeness (QED) is 0.399. The van der Waals surface area contributed by atoms with E-state index < -0.39 is 29.4 Å². The van der Waals surface area contributed by atoms with Crippen molar-refractivity contribution in [3.63, 3.8) is 0 Å². The predicted molar refractivity (Wildman–Crippen MR) is 135 cm³/mol. The first kappa shape index (κ1) is 22.3. The number of para-hydroxylation sites is 1. The largest absolute Gasteiger partial charge is 0.497 e. The Morgan fingerprint density at radius 2 is 1.64 bits per heavy atom. The van der Waals surface area contributed by atoms with Crippen molar-refractivity contribution in [3.8, 4) is 5.75 Å². The van der Waals surface area contributed by atoms with Crippen LogP contribution in [0.2, 0.25) is 0 Å². The van der Waals surface area contributed by atoms with Gasteiger partial charge in [-0.3, -0.25) is 9.59 Å². The lowest BCUT2D eigenvalue weighted by Crippen LogP contribution is -2.48. The Hall–Kier alpha value is -4.19. The summed E-state index contributed by atoms with van der Waals surface area (Å²) in [5.41, 5.74) is 1.66. The molecule has 6 rings (SSSR count). The lowest BCUT2D eigenvalue weighted by atomic mass is 9.64. The highest BCUT2D eigenvalue weighted by atomic mass is 16.5. The number of hydrogen-bond acceptors (Lipinski definition) is 6. The molecule has 6 heteroatoms. The van der Waals surface area contributed by atoms with Crippen molar-refractivity contribution in [2.45, 2.75) is 24.9 Å². The van der Waals surface area contributed by atoms with Gasteiger partial charge in [0.2, 0.25) is 0 Å². The molecule has 0 radical (unpaired) electrons. The van der Waals surface area contributed by atoms with Gasteiger partial charge in [0.1, 0.15) is 17.2 Å². The fourth-order valence-corrected chi connectivity index (χ4v) is 6.33. The maximum Gasteiger partial charge on any atom is 0.329 e. The smallest absolute Gasteiger partial charge is 0.329 e. The van der Waals surface area contributed by atoms with Gasteiger partial charge in [-0.25, -0.2) is 4.79 Å². The van der Waals surface area contributed by atoms with Crippen molar-refractivity contribution in [1.29, 1.82) is 0 Å². The summed E-state index contributed by atoms with van der Waals surface area (Å²) in [6.07, 6.45) is 3.84. The van der Waals surface area contributed by atoms with Crippen LogP contribution in [0.5, 0.6) is 5.75 Å². The van der Waals surface area contributed by atoms with E-state index in [4.69, 9.17) is 9.47 Å². The van der Waals surface area contributed by atoms with Gasteiger partial charge in [-0.15, -0.1) is 0 Å². The van der Waals surface area contributed by atoms with E-state index in [1.807, 2.05) is 59.5 Å². The standard InChI is InChI=1S/C30H25NO5/c1-3-36-29(34)26-25(19-10-8-11-20(17-19)35-2)30(27(32)21-12-5-6-13-22(21)28(30)33)24-16-15-18-9-4-7-14-23(18)31(24)26/h4-17,24-26H,3H2,1-2H3. The maximum absolute atomic E-state index is 14.4. The lowest BCUT2D eigenvalue weighted by Gasteiger charge is -2.36. The molecule has 1 aliphatic carbocycles. The third-order valence-electron chi connectivity index (χ3n) is 7.69. The SMILES string of the molecule is CCOC(=O)C1C(c2cccc(OC)c2)C2(C(=O)c3ccccc3C2=O)C2C=Cc3ccccc3N12. The highest BCUT2D eigenvalue weighted by Gasteiger charge is 2.72. The van der Waals surface area contributed by atoms with Crippen LogP contribution in [0.15, 0.2) is 78.9 Å². The molecule has 2 heterocycles. The summed E-state index contributed by atoms with van der Waals surface area (Å²) in [4.78, 5) is 44.5. The van der Waals surface area contributed by atoms with Crippen LogP contribution in [0.1, 0.15) is 44.7 Å². The Balaban J connectivity index is 1.68. The van der Waals surface area contributed by atoms with E-state index in [2.05, 4.69) is 0 Å². The Labute approximate surface area is 209 Å². The van der Waals surface area contributed by atoms with Crippen LogP contribution < -0.4 is 9.64 Å². The van der Waals surface area contributed by atoms with E-state index >= 15 is 0 Å². The number of Topliss-reactive ketones (excluding diaryl/α,β-unsaturated/α-hetero) is 2. The number of ether oxygens (including phenoxy) is 2. The van der Waals surface area contributed by atoms with Crippen molar-refractivity contribution < 1.29 is 23.9 Å². The summed E-state index contributed by atoms with van der Waals surface area (Å²) < 4.78 is 11.1. The van der Waals surface area contributed by atoms with Gasteiger partial charge in [0.05, 0.1) is 19.8 Å². The molecule has 2 aliphatic heterocycles. The summed E-state index contributed by atoms with van der Waals surface area (Å²) in [5.74, 6) is -1.20. The van der Waals surface area contributed by atoms with E-state index in [9.17, 15) is 14.4 Å². The van der Waals surface area contributed by atoms with E-state index in [-0.39, 0.29) is 18.2 Å². The molecule has 36 heavy (non-hydrogen) atoms. The number of benzene rings is 3. The molecule has 3 unspecified atom stereocenters. The van der Waals surface area contributed by atoms with E-state index in [0.29, 0.717) is 22.4 Å². The third-order valence-corrected chi connectivity index (χ3v) is 7.69. The zero-order valence-corrected chi connectivity index (χ0v) is 20.0. The van der Waals surface area contributed by atoms with Crippen molar-refractivity contribution in [1.82, 2.24) is 0 Å². The number of rotatable bonds is 4. The minimum atomic E-state index is -1.53. The predicted octanol–water partition coefficient (Wildman–Crippen LogP) is 4.69. The monoisotopic (exact) mass is 479 g/mol. The molecule has 6 nitrogen and oxygen atoms in total. The first-order valence-electron chi connectivity index (χ1n) is 12.1. The number of hydrogen-bond donors (Lipinski definition) is 0. The number of nitrogens with zero attached hydrogens (tertiary/aromatic N) is 1. The van der Waals surface area contributed by atoms with Crippen molar-refractivity contribution in [2.24, 2.45) is 5.41 Å². The van der Waals surface area contributed by atoms with Crippen LogP contribution in [0.25, 0.3) is 6.08 Å². The topological polar surface area (TPSA) is 72.9 Å². The Morgan fingerprint density at radius 3 is 2.33 bits per heavy atom. The molecule has 0 aromatic heterocycles. The molecule has 3 aromatic rings. The Morgan fingerprint density at radius 1 is 0.944 bits per heavy atom. The number of fused-ring (bicyclic) bond motifs is 5. The fraction of sp³-hybridized carbons (Fsp3) is 0.233. The van der Waals surface area contributed by atoms with Crippen LogP contribution >= 0.6 is 0 Å². The molecular weight excluding hydrogens is 454 g/mol. The molecule has 180 valence electrons. The average molecular weight is 480 g/mol. The van der Waals surface area contributed by atoms with E-state index in [0.717, 1.165) is 11.3 Å². The Bertz CT molecular complexity index is 1410. The van der Waals surface area contributed by atoms with Gasteiger partial charge in [-0.2, -0.15) is 0 Å². The van der Waals surface area contributed by atoms with Gasteiger partial charge in [0, 0.05) is 22.7 Å². The molecule has 3 atom stereocenters. The third kappa shape index (κ3) is 2.81. The normalized spacial score (nSPS) is 22.8. The molecule has 1 spiro atoms. The van der Waals surface area contributed by atoms with Crippen LogP contribution in [-0.4, -0.2) is 43.3 Å². The van der Waals surface area contributed by atoms with Gasteiger partial charge in [0.25, 0.3) is 0 Å². The highest BCUT2D eigenvalue weighted by Crippen LogP contribution is 2.60. The summed E-state index contributed by atoms with van der Waals surface area (Å²) in [6, 6.07) is 20.4. The maximum atomic E-state index is 14.4. The molecule has 0 N–H and O–H groups in total. The van der Waals surface area contributed by atoms with Crippen molar-refractivity contribution >= 4 is 29.3 Å². The number of methoxy groups -OCH3 is 1. The first-order chi connectivity index (χ1) is 17.5. The fourth-order valence-electron chi connectivity index (χ4n) is 6.33. The van der Waals surface area contributed by atoms with Gasteiger partial charge in [0.15, 0.2) is 11.6 Å². The first-order valence-corrected chi connectivity index (χ1v) is 12.1. The number of esters is 1. The Kier molecular flexibility index (Phi) is 5.07. The zero-order chi connectivity index (χ0) is 25.0. The second kappa shape index (κ2) is 8.19. The lowest BCUT2D eigenvalue weighted by molar-refractivity contribution is -0.145. The zero-order valence-electron chi connectivity index (χ0n) is 20.0. The van der Waals surface area contributed by atoms with Crippen LogP contribution in [0.4, 0.5) is 5.69 Å². The van der Waals surface area contributed by atoms with Crippen LogP contribution in [0, 0.1) is 5.41 Å². The number of anilines is 1. The summed E-state index contributed by atoms with van der Waals surface area (Å²) in [6.45, 7) is 1.94. The molecule has 0 bridgehead atoms. The van der Waals surface area contributed by atoms with E-state index in [1.54, 1.807) is 44.4 Å². The molecule has 0 saturated carbocycles. The number of carbonyl (C=O) groups is 3. The highest BCUT2D eigenvalue weighted by molar-refractivity contribution is 6.32. The number of carbonyl (C=O) groups excluding carboxylic acids is 3. The van der Waals surface area contributed by atoms with Crippen LogP contribution in [-0.2, 0) is 9.53 Å². The molecule has 1 fully saturated rings. The molecular formula is C30H25NO5. The second-order valence-electron chi connectivity index (χ2n) is 9.29. The number of ketones is 2. The van der Waals surface area contributed by atoms with Gasteiger partial charge in [-0.05, 0) is 36.2 Å². The molecule has 3 aliphatic rings. The minimum absolute atomic E-state index is 0.186. The van der Waals surface area contributed by atoms with E-state index in [1.165, 1.54) is 0 Å². The molecule has 1 saturated heterocycles. The summed E-state index contributed by atoms with van der Waals surface area (Å²) in [5, 5.41) is 0. The molecule has 3 aromatic carbocycles. The molecule has 0 amide bonds. The van der Waals surface area contributed by atoms with Crippen molar-refractivity contribution in [2.75, 3.05) is 18.6 Å². The second-order valence-corrected chi connectivity index (χ2v) is 9.29. The van der Waals surface area contributed by atoms with Gasteiger partial charge >= 0.3 is 5.97 Å².